The average Bonchev–Trinajstić information content (AvgIpc) is 2.28. The molecular formula is C13H14BrCl2NO3S. The van der Waals surface area contributed by atoms with Gasteiger partial charge in [0.25, 0.3) is 15.0 Å². The quantitative estimate of drug-likeness (QED) is 0.758. The smallest absolute Gasteiger partial charge is 0.262 e. The fourth-order valence-electron chi connectivity index (χ4n) is 2.22. The molecule has 1 N–H and O–H groups in total. The number of hydrogen-bond acceptors (Lipinski definition) is 3. The van der Waals surface area contributed by atoms with E-state index in [1.807, 2.05) is 6.92 Å². The number of nitrogens with one attached hydrogen (secondary N) is 1. The normalized spacial score (nSPS) is 17.1. The lowest BCUT2D eigenvalue weighted by molar-refractivity contribution is 0.0909. The largest absolute Gasteiger partial charge is 0.349 e. The predicted octanol–water partition coefficient (Wildman–Crippen LogP) is 3.95. The average molecular weight is 415 g/mol. The Labute approximate surface area is 141 Å². The first-order valence-corrected chi connectivity index (χ1v) is 9.92. The van der Waals surface area contributed by atoms with Crippen LogP contribution in [-0.4, -0.2) is 20.4 Å². The van der Waals surface area contributed by atoms with E-state index in [1.54, 1.807) is 0 Å². The van der Waals surface area contributed by atoms with Crippen molar-refractivity contribution in [2.75, 3.05) is 0 Å². The second kappa shape index (κ2) is 6.44. The summed E-state index contributed by atoms with van der Waals surface area (Å²) < 4.78 is 23.2. The van der Waals surface area contributed by atoms with Gasteiger partial charge in [-0.25, -0.2) is 8.42 Å². The van der Waals surface area contributed by atoms with E-state index in [2.05, 4.69) is 21.2 Å². The molecule has 1 unspecified atom stereocenters. The molecule has 1 aliphatic carbocycles. The Kier molecular flexibility index (Phi) is 5.23. The molecule has 4 nitrogen and oxygen atoms in total. The Morgan fingerprint density at radius 3 is 2.52 bits per heavy atom. The lowest BCUT2D eigenvalue weighted by Crippen LogP contribution is -2.40. The summed E-state index contributed by atoms with van der Waals surface area (Å²) in [5, 5.41) is 3.00. The molecule has 116 valence electrons. The van der Waals surface area contributed by atoms with Crippen LogP contribution in [0.4, 0.5) is 0 Å². The summed E-state index contributed by atoms with van der Waals surface area (Å²) in [5.74, 6) is 0.126. The Balaban J connectivity index is 2.27. The molecule has 1 amide bonds. The van der Waals surface area contributed by atoms with Crippen LogP contribution in [0.2, 0.25) is 5.02 Å². The number of benzene rings is 1. The van der Waals surface area contributed by atoms with Crippen LogP contribution >= 0.6 is 38.2 Å². The molecule has 0 spiro atoms. The van der Waals surface area contributed by atoms with Crippen LogP contribution in [-0.2, 0) is 9.05 Å². The van der Waals surface area contributed by atoms with Gasteiger partial charge in [-0.15, -0.1) is 0 Å². The van der Waals surface area contributed by atoms with Gasteiger partial charge >= 0.3 is 0 Å². The summed E-state index contributed by atoms with van der Waals surface area (Å²) in [6, 6.07) is 2.69. The minimum absolute atomic E-state index is 0.0460. The zero-order valence-corrected chi connectivity index (χ0v) is 15.1. The van der Waals surface area contributed by atoms with Crippen molar-refractivity contribution in [3.63, 3.8) is 0 Å². The maximum atomic E-state index is 12.2. The molecule has 1 aromatic carbocycles. The molecule has 0 radical (unpaired) electrons. The molecule has 1 aliphatic rings. The third-order valence-corrected chi connectivity index (χ3v) is 6.72. The van der Waals surface area contributed by atoms with Gasteiger partial charge in [-0.3, -0.25) is 4.79 Å². The molecule has 0 heterocycles. The van der Waals surface area contributed by atoms with Crippen LogP contribution in [0.1, 0.15) is 36.5 Å². The van der Waals surface area contributed by atoms with Crippen molar-refractivity contribution >= 4 is 53.2 Å². The van der Waals surface area contributed by atoms with Gasteiger partial charge in [0, 0.05) is 22.3 Å². The topological polar surface area (TPSA) is 63.2 Å². The second-order valence-electron chi connectivity index (χ2n) is 5.16. The van der Waals surface area contributed by atoms with E-state index >= 15 is 0 Å². The lowest BCUT2D eigenvalue weighted by atomic mass is 9.80. The van der Waals surface area contributed by atoms with Gasteiger partial charge in [0.2, 0.25) is 0 Å². The molecule has 2 rings (SSSR count). The zero-order valence-electron chi connectivity index (χ0n) is 11.2. The van der Waals surface area contributed by atoms with Crippen LogP contribution in [0.15, 0.2) is 21.5 Å². The summed E-state index contributed by atoms with van der Waals surface area (Å²) >= 11 is 9.02. The number of carbonyl (C=O) groups excluding carboxylic acids is 1. The Bertz CT molecular complexity index is 674. The van der Waals surface area contributed by atoms with Crippen LogP contribution < -0.4 is 5.32 Å². The molecule has 0 aromatic heterocycles. The zero-order chi connectivity index (χ0) is 15.8. The van der Waals surface area contributed by atoms with E-state index < -0.39 is 9.05 Å². The molecule has 8 heteroatoms. The number of halogens is 3. The molecule has 21 heavy (non-hydrogen) atoms. The van der Waals surface area contributed by atoms with Gasteiger partial charge in [0.1, 0.15) is 0 Å². The van der Waals surface area contributed by atoms with E-state index in [1.165, 1.54) is 18.6 Å². The van der Waals surface area contributed by atoms with E-state index in [9.17, 15) is 13.2 Å². The van der Waals surface area contributed by atoms with Crippen molar-refractivity contribution in [3.05, 3.63) is 27.2 Å². The first-order chi connectivity index (χ1) is 9.70. The van der Waals surface area contributed by atoms with Crippen molar-refractivity contribution in [2.24, 2.45) is 5.92 Å². The molecule has 1 saturated carbocycles. The fraction of sp³-hybridized carbons (Fsp3) is 0.462. The van der Waals surface area contributed by atoms with E-state index in [0.29, 0.717) is 5.92 Å². The predicted molar refractivity (Wildman–Crippen MR) is 86.5 cm³/mol. The summed E-state index contributed by atoms with van der Waals surface area (Å²) in [4.78, 5) is 12.0. The Morgan fingerprint density at radius 2 is 2.05 bits per heavy atom. The van der Waals surface area contributed by atoms with Crippen LogP contribution in [0.5, 0.6) is 0 Å². The third-order valence-electron chi connectivity index (χ3n) is 3.74. The molecule has 0 bridgehead atoms. The Morgan fingerprint density at radius 1 is 1.43 bits per heavy atom. The maximum absolute atomic E-state index is 12.2. The highest BCUT2D eigenvalue weighted by molar-refractivity contribution is 9.10. The summed E-state index contributed by atoms with van der Waals surface area (Å²) in [5.41, 5.74) is 0.175. The number of amides is 1. The number of hydrogen-bond donors (Lipinski definition) is 1. The highest BCUT2D eigenvalue weighted by atomic mass is 79.9. The van der Waals surface area contributed by atoms with E-state index in [4.69, 9.17) is 22.3 Å². The molecule has 0 aliphatic heterocycles. The lowest BCUT2D eigenvalue weighted by Gasteiger charge is -2.31. The van der Waals surface area contributed by atoms with Crippen molar-refractivity contribution in [1.82, 2.24) is 5.32 Å². The van der Waals surface area contributed by atoms with Crippen LogP contribution in [0, 0.1) is 5.92 Å². The molecular weight excluding hydrogens is 401 g/mol. The first-order valence-electron chi connectivity index (χ1n) is 6.44. The van der Waals surface area contributed by atoms with Crippen LogP contribution in [0.25, 0.3) is 0 Å². The van der Waals surface area contributed by atoms with Crippen LogP contribution in [0.3, 0.4) is 0 Å². The monoisotopic (exact) mass is 413 g/mol. The first kappa shape index (κ1) is 17.1. The van der Waals surface area contributed by atoms with Gasteiger partial charge in [0.15, 0.2) is 0 Å². The van der Waals surface area contributed by atoms with Gasteiger partial charge in [-0.05, 0) is 53.7 Å². The summed E-state index contributed by atoms with van der Waals surface area (Å²) in [6.07, 6.45) is 3.39. The van der Waals surface area contributed by atoms with E-state index in [0.717, 1.165) is 12.8 Å². The molecule has 1 aromatic rings. The third kappa shape index (κ3) is 3.92. The molecule has 1 atom stereocenters. The van der Waals surface area contributed by atoms with Crippen molar-refractivity contribution in [2.45, 2.75) is 37.1 Å². The fourth-order valence-corrected chi connectivity index (χ4v) is 4.60. The van der Waals surface area contributed by atoms with Gasteiger partial charge in [-0.2, -0.15) is 0 Å². The number of rotatable bonds is 4. The van der Waals surface area contributed by atoms with Gasteiger partial charge in [0.05, 0.1) is 14.4 Å². The SMILES string of the molecule is CC(NC(=O)c1cc(Cl)c(Br)c(S(=O)(=O)Cl)c1)C1CCC1. The summed E-state index contributed by atoms with van der Waals surface area (Å²) in [6.45, 7) is 1.95. The van der Waals surface area contributed by atoms with Crippen molar-refractivity contribution in [1.29, 1.82) is 0 Å². The highest BCUT2D eigenvalue weighted by Gasteiger charge is 2.26. The second-order valence-corrected chi connectivity index (χ2v) is 8.90. The van der Waals surface area contributed by atoms with E-state index in [-0.39, 0.29) is 31.9 Å². The molecule has 0 saturated heterocycles. The summed E-state index contributed by atoms with van der Waals surface area (Å²) in [7, 11) is 1.36. The van der Waals surface area contributed by atoms with Crippen molar-refractivity contribution < 1.29 is 13.2 Å². The molecule has 1 fully saturated rings. The minimum atomic E-state index is -3.99. The van der Waals surface area contributed by atoms with Gasteiger partial charge in [-0.1, -0.05) is 18.0 Å². The Hall–Kier alpha value is -0.300. The number of carbonyl (C=O) groups is 1. The van der Waals surface area contributed by atoms with Crippen molar-refractivity contribution in [3.8, 4) is 0 Å². The maximum Gasteiger partial charge on any atom is 0.262 e. The standard InChI is InChI=1S/C13H14BrCl2NO3S/c1-7(8-3-2-4-8)17-13(18)9-5-10(15)12(14)11(6-9)21(16,19)20/h5-8H,2-4H2,1H3,(H,17,18). The minimum Gasteiger partial charge on any atom is -0.349 e. The van der Waals surface area contributed by atoms with Gasteiger partial charge < -0.3 is 5.32 Å². The highest BCUT2D eigenvalue weighted by Crippen LogP contribution is 2.33.